The Morgan fingerprint density at radius 1 is 0.474 bits per heavy atom. The number of quaternary nitrogens is 1. The van der Waals surface area contributed by atoms with E-state index in [4.69, 9.17) is 9.05 Å². The van der Waals surface area contributed by atoms with Crippen LogP contribution in [0, 0.1) is 0 Å². The highest BCUT2D eigenvalue weighted by Crippen LogP contribution is 2.38. The Hall–Kier alpha value is -2.06. The van der Waals surface area contributed by atoms with Crippen molar-refractivity contribution in [3.05, 3.63) is 72.9 Å². The van der Waals surface area contributed by atoms with Gasteiger partial charge in [0.15, 0.2) is 0 Å². The lowest BCUT2D eigenvalue weighted by atomic mass is 10.0. The molecule has 0 saturated heterocycles. The predicted molar refractivity (Wildman–Crippen MR) is 330 cm³/mol. The molecule has 0 bridgehead atoms. The number of nitrogens with zero attached hydrogens (tertiary/aromatic N) is 1. The summed E-state index contributed by atoms with van der Waals surface area (Å²) >= 11 is 0. The van der Waals surface area contributed by atoms with Crippen LogP contribution < -0.4 is 10.2 Å². The van der Waals surface area contributed by atoms with Crippen LogP contribution in [-0.4, -0.2) is 68.5 Å². The molecule has 0 rings (SSSR count). The van der Waals surface area contributed by atoms with Gasteiger partial charge in [0.25, 0.3) is 7.82 Å². The number of hydrogen-bond donors (Lipinski definition) is 2. The first-order valence-electron chi connectivity index (χ1n) is 32.3. The monoisotopic (exact) mass is 1080 g/mol. The number of aliphatic hydroxyl groups excluding tert-OH is 1. The SMILES string of the molecule is CC/C=C\C/C=C\C/C=C\C/C=C\CCCCCCCCCCCCCCCCCCCCCCCCC(=O)NC(COP(=O)([O-])OCC[N+](C)(C)C)C(O)/C=C/CC/C=C/CCCCCCCCCCCCCCC. The summed E-state index contributed by atoms with van der Waals surface area (Å²) in [6.45, 7) is 4.54. The standard InChI is InChI=1S/C67H125N2O6P/c1-6-8-10-12-14-16-18-20-22-24-26-27-28-29-30-31-32-33-34-35-36-37-38-39-40-41-43-45-47-49-51-53-55-57-59-61-67(71)68-65(64-75-76(72,73)74-63-62-69(3,4)5)66(70)60-58-56-54-52-50-48-46-44-42-25-23-21-19-17-15-13-11-9-7-2/h8,10,14,16,20,22,26-27,50,52,58,60,65-66,70H,6-7,9,11-13,15,17-19,21,23-25,28-49,51,53-57,59,61-64H2,1-5H3,(H-,68,71,72,73)/b10-8-,16-14-,22-20-,27-26-,52-50+,60-58+. The largest absolute Gasteiger partial charge is 0.756 e. The van der Waals surface area contributed by atoms with Gasteiger partial charge in [-0.05, 0) is 70.6 Å². The molecule has 0 aliphatic heterocycles. The molecule has 8 nitrogen and oxygen atoms in total. The number of likely N-dealkylation sites (N-methyl/N-ethyl adjacent to an activating group) is 1. The van der Waals surface area contributed by atoms with E-state index in [1.165, 1.54) is 212 Å². The number of aliphatic hydroxyl groups is 1. The highest BCUT2D eigenvalue weighted by Gasteiger charge is 2.23. The third-order valence-electron chi connectivity index (χ3n) is 14.4. The summed E-state index contributed by atoms with van der Waals surface area (Å²) in [4.78, 5) is 25.6. The maximum absolute atomic E-state index is 13.0. The summed E-state index contributed by atoms with van der Waals surface area (Å²) in [6, 6.07) is -0.905. The normalized spacial score (nSPS) is 14.2. The molecule has 3 atom stereocenters. The molecule has 76 heavy (non-hydrogen) atoms. The third kappa shape index (κ3) is 59.6. The Morgan fingerprint density at radius 3 is 1.22 bits per heavy atom. The van der Waals surface area contributed by atoms with Crippen molar-refractivity contribution in [2.24, 2.45) is 0 Å². The van der Waals surface area contributed by atoms with E-state index < -0.39 is 26.6 Å². The van der Waals surface area contributed by atoms with Crippen LogP contribution in [0.5, 0.6) is 0 Å². The lowest BCUT2D eigenvalue weighted by Crippen LogP contribution is -2.45. The molecule has 0 aromatic rings. The lowest BCUT2D eigenvalue weighted by molar-refractivity contribution is -0.870. The van der Waals surface area contributed by atoms with E-state index in [-0.39, 0.29) is 12.5 Å². The van der Waals surface area contributed by atoms with E-state index >= 15 is 0 Å². The fraction of sp³-hybridized carbons (Fsp3) is 0.806. The van der Waals surface area contributed by atoms with Crippen LogP contribution in [0.1, 0.15) is 296 Å². The molecule has 0 aliphatic carbocycles. The van der Waals surface area contributed by atoms with Crippen molar-refractivity contribution >= 4 is 13.7 Å². The van der Waals surface area contributed by atoms with Gasteiger partial charge in [-0.3, -0.25) is 9.36 Å². The van der Waals surface area contributed by atoms with Gasteiger partial charge in [-0.15, -0.1) is 0 Å². The molecule has 2 N–H and O–H groups in total. The van der Waals surface area contributed by atoms with Gasteiger partial charge in [-0.1, -0.05) is 292 Å². The second-order valence-corrected chi connectivity index (χ2v) is 24.5. The molecular formula is C67H125N2O6P. The fourth-order valence-electron chi connectivity index (χ4n) is 9.40. The van der Waals surface area contributed by atoms with E-state index in [1.54, 1.807) is 6.08 Å². The topological polar surface area (TPSA) is 108 Å². The maximum Gasteiger partial charge on any atom is 0.268 e. The van der Waals surface area contributed by atoms with Crippen molar-refractivity contribution in [1.29, 1.82) is 0 Å². The summed E-state index contributed by atoms with van der Waals surface area (Å²) < 4.78 is 23.4. The van der Waals surface area contributed by atoms with Gasteiger partial charge in [0.05, 0.1) is 39.9 Å². The molecule has 0 heterocycles. The average molecular weight is 1090 g/mol. The smallest absolute Gasteiger partial charge is 0.268 e. The van der Waals surface area contributed by atoms with Crippen molar-refractivity contribution < 1.29 is 32.9 Å². The van der Waals surface area contributed by atoms with Gasteiger partial charge >= 0.3 is 0 Å². The highest BCUT2D eigenvalue weighted by atomic mass is 31.2. The molecule has 0 aromatic carbocycles. The van der Waals surface area contributed by atoms with Crippen LogP contribution in [0.15, 0.2) is 72.9 Å². The average Bonchev–Trinajstić information content (AvgIpc) is 3.38. The Kier molecular flexibility index (Phi) is 56.1. The molecule has 0 aliphatic rings. The first kappa shape index (κ1) is 73.9. The van der Waals surface area contributed by atoms with Gasteiger partial charge in [0.1, 0.15) is 13.2 Å². The zero-order chi connectivity index (χ0) is 55.6. The summed E-state index contributed by atoms with van der Waals surface area (Å²) in [5.74, 6) is -0.204. The van der Waals surface area contributed by atoms with Gasteiger partial charge in [0.2, 0.25) is 5.91 Å². The van der Waals surface area contributed by atoms with Crippen LogP contribution in [0.4, 0.5) is 0 Å². The van der Waals surface area contributed by atoms with Gasteiger partial charge in [-0.2, -0.15) is 0 Å². The van der Waals surface area contributed by atoms with Crippen molar-refractivity contribution in [2.75, 3.05) is 40.9 Å². The molecule has 444 valence electrons. The summed E-state index contributed by atoms with van der Waals surface area (Å²) in [5.41, 5.74) is 0. The van der Waals surface area contributed by atoms with Crippen LogP contribution >= 0.6 is 7.82 Å². The molecule has 0 saturated carbocycles. The predicted octanol–water partition coefficient (Wildman–Crippen LogP) is 19.6. The van der Waals surface area contributed by atoms with Crippen LogP contribution in [0.25, 0.3) is 0 Å². The molecule has 0 spiro atoms. The van der Waals surface area contributed by atoms with Crippen molar-refractivity contribution in [3.63, 3.8) is 0 Å². The minimum absolute atomic E-state index is 0.00642. The summed E-state index contributed by atoms with van der Waals surface area (Å²) in [6.07, 6.45) is 80.1. The molecule has 3 unspecified atom stereocenters. The van der Waals surface area contributed by atoms with Crippen LogP contribution in [-0.2, 0) is 18.4 Å². The number of nitrogens with one attached hydrogen (secondary N) is 1. The number of amides is 1. The molecule has 0 aromatic heterocycles. The first-order valence-corrected chi connectivity index (χ1v) is 33.8. The van der Waals surface area contributed by atoms with E-state index in [0.29, 0.717) is 17.4 Å². The minimum atomic E-state index is -4.61. The molecule has 0 radical (unpaired) electrons. The number of allylic oxidation sites excluding steroid dienone is 11. The molecule has 9 heteroatoms. The van der Waals surface area contributed by atoms with Crippen molar-refractivity contribution in [3.8, 4) is 0 Å². The zero-order valence-corrected chi connectivity index (χ0v) is 51.6. The second kappa shape index (κ2) is 57.6. The van der Waals surface area contributed by atoms with Crippen LogP contribution in [0.2, 0.25) is 0 Å². The quantitative estimate of drug-likeness (QED) is 0.0272. The number of unbranched alkanes of at least 4 members (excludes halogenated alkanes) is 36. The number of rotatable bonds is 59. The Morgan fingerprint density at radius 2 is 0.816 bits per heavy atom. The van der Waals surface area contributed by atoms with E-state index in [1.807, 2.05) is 27.2 Å². The molecule has 1 amide bonds. The van der Waals surface area contributed by atoms with E-state index in [0.717, 1.165) is 64.2 Å². The highest BCUT2D eigenvalue weighted by molar-refractivity contribution is 7.45. The maximum atomic E-state index is 13.0. The third-order valence-corrected chi connectivity index (χ3v) is 15.4. The van der Waals surface area contributed by atoms with Crippen LogP contribution in [0.3, 0.4) is 0 Å². The van der Waals surface area contributed by atoms with E-state index in [9.17, 15) is 19.4 Å². The number of hydrogen-bond acceptors (Lipinski definition) is 6. The van der Waals surface area contributed by atoms with Gasteiger partial charge in [0, 0.05) is 6.42 Å². The van der Waals surface area contributed by atoms with Crippen molar-refractivity contribution in [2.45, 2.75) is 309 Å². The first-order chi connectivity index (χ1) is 37.0. The van der Waals surface area contributed by atoms with E-state index in [2.05, 4.69) is 79.9 Å². The molecular weight excluding hydrogens is 960 g/mol. The van der Waals surface area contributed by atoms with Gasteiger partial charge < -0.3 is 28.8 Å². The minimum Gasteiger partial charge on any atom is -0.756 e. The fourth-order valence-corrected chi connectivity index (χ4v) is 10.1. The Bertz CT molecular complexity index is 1470. The number of phosphoric acid groups is 1. The Balaban J connectivity index is 4.04. The molecule has 0 fully saturated rings. The second-order valence-electron chi connectivity index (χ2n) is 23.1. The summed E-state index contributed by atoms with van der Waals surface area (Å²) in [5, 5.41) is 13.9. The number of phosphoric ester groups is 1. The Labute approximate surface area is 472 Å². The lowest BCUT2D eigenvalue weighted by Gasteiger charge is -2.29. The number of carbonyl (C=O) groups is 1. The summed E-state index contributed by atoms with van der Waals surface area (Å²) in [7, 11) is 1.25. The van der Waals surface area contributed by atoms with Gasteiger partial charge in [-0.25, -0.2) is 0 Å². The van der Waals surface area contributed by atoms with Crippen molar-refractivity contribution in [1.82, 2.24) is 5.32 Å². The zero-order valence-electron chi connectivity index (χ0n) is 50.7. The number of carbonyl (C=O) groups excluding carboxylic acids is 1.